The molecule has 10 nitrogen and oxygen atoms in total. The van der Waals surface area contributed by atoms with Crippen molar-refractivity contribution in [3.8, 4) is 5.75 Å². The van der Waals surface area contributed by atoms with Gasteiger partial charge in [0.05, 0.1) is 23.6 Å². The Morgan fingerprint density at radius 2 is 2.00 bits per heavy atom. The summed E-state index contributed by atoms with van der Waals surface area (Å²) in [6, 6.07) is 4.85. The summed E-state index contributed by atoms with van der Waals surface area (Å²) in [7, 11) is 0. The SMILES string of the molecule is Cc1csc(CCCNC(=O)[C@@H]2CC(=O)N[C@H](CC(C)C)C(=O)NCCCOc3ccccc3C(=O)N2)n1. The Bertz CT molecular complexity index is 1120. The molecular formula is C27H37N5O5S. The third kappa shape index (κ3) is 9.13. The fourth-order valence-corrected chi connectivity index (χ4v) is 4.87. The van der Waals surface area contributed by atoms with E-state index in [0.29, 0.717) is 44.5 Å². The van der Waals surface area contributed by atoms with Crippen LogP contribution in [0.25, 0.3) is 0 Å². The van der Waals surface area contributed by atoms with Crippen LogP contribution in [0.15, 0.2) is 29.6 Å². The van der Waals surface area contributed by atoms with Crippen molar-refractivity contribution in [3.63, 3.8) is 0 Å². The topological polar surface area (TPSA) is 139 Å². The Hall–Kier alpha value is -3.47. The van der Waals surface area contributed by atoms with Crippen LogP contribution in [0, 0.1) is 12.8 Å². The van der Waals surface area contributed by atoms with E-state index in [9.17, 15) is 19.2 Å². The maximum Gasteiger partial charge on any atom is 0.255 e. The molecular weight excluding hydrogens is 506 g/mol. The number of hydrogen-bond donors (Lipinski definition) is 4. The molecule has 1 aliphatic heterocycles. The number of carbonyl (C=O) groups excluding carboxylic acids is 4. The third-order valence-electron chi connectivity index (χ3n) is 5.91. The highest BCUT2D eigenvalue weighted by molar-refractivity contribution is 7.09. The lowest BCUT2D eigenvalue weighted by atomic mass is 10.0. The minimum atomic E-state index is -1.13. The van der Waals surface area contributed by atoms with Gasteiger partial charge in [-0.1, -0.05) is 26.0 Å². The molecule has 1 aromatic heterocycles. The molecule has 0 bridgehead atoms. The summed E-state index contributed by atoms with van der Waals surface area (Å²) in [6.45, 7) is 6.87. The molecule has 2 aromatic rings. The highest BCUT2D eigenvalue weighted by Crippen LogP contribution is 2.19. The standard InChI is InChI=1S/C27H37N5O5S/c1-17(2)14-20-26(35)29-12-7-13-37-22-9-5-4-8-19(22)25(34)32-21(15-23(33)31-20)27(36)28-11-6-10-24-30-18(3)16-38-24/h4-5,8-9,16-17,20-21H,6-7,10-15H2,1-3H3,(H,28,36)(H,29,35)(H,31,33)(H,32,34)/t20-,21+/m1/s1. The summed E-state index contributed by atoms with van der Waals surface area (Å²) in [6.07, 6.45) is 2.04. The van der Waals surface area contributed by atoms with Gasteiger partial charge in [-0.05, 0) is 44.2 Å². The molecule has 0 fully saturated rings. The second kappa shape index (κ2) is 14.5. The number of nitrogens with one attached hydrogen (secondary N) is 4. The number of aromatic nitrogens is 1. The van der Waals surface area contributed by atoms with Crippen molar-refractivity contribution in [3.05, 3.63) is 45.9 Å². The molecule has 0 aliphatic carbocycles. The van der Waals surface area contributed by atoms with E-state index in [1.165, 1.54) is 0 Å². The number of carbonyl (C=O) groups is 4. The number of fused-ring (bicyclic) bond motifs is 1. The molecule has 206 valence electrons. The van der Waals surface area contributed by atoms with Gasteiger partial charge in [0.2, 0.25) is 17.7 Å². The van der Waals surface area contributed by atoms with Crippen molar-refractivity contribution in [1.29, 1.82) is 0 Å². The van der Waals surface area contributed by atoms with E-state index in [1.807, 2.05) is 26.2 Å². The fraction of sp³-hybridized carbons (Fsp3) is 0.519. The fourth-order valence-electron chi connectivity index (χ4n) is 4.05. The first-order valence-corrected chi connectivity index (χ1v) is 13.9. The zero-order valence-electron chi connectivity index (χ0n) is 22.2. The average molecular weight is 544 g/mol. The molecule has 0 saturated heterocycles. The van der Waals surface area contributed by atoms with Crippen LogP contribution >= 0.6 is 11.3 Å². The number of para-hydroxylation sites is 1. The van der Waals surface area contributed by atoms with Gasteiger partial charge in [0.25, 0.3) is 5.91 Å². The molecule has 11 heteroatoms. The van der Waals surface area contributed by atoms with Crippen LogP contribution in [0.1, 0.15) is 60.6 Å². The van der Waals surface area contributed by atoms with Gasteiger partial charge < -0.3 is 26.0 Å². The van der Waals surface area contributed by atoms with Crippen LogP contribution in [0.2, 0.25) is 0 Å². The van der Waals surface area contributed by atoms with E-state index in [0.717, 1.165) is 10.7 Å². The quantitative estimate of drug-likeness (QED) is 0.395. The van der Waals surface area contributed by atoms with Gasteiger partial charge in [-0.2, -0.15) is 0 Å². The van der Waals surface area contributed by atoms with E-state index >= 15 is 0 Å². The smallest absolute Gasteiger partial charge is 0.255 e. The van der Waals surface area contributed by atoms with Gasteiger partial charge in [-0.15, -0.1) is 11.3 Å². The maximum atomic E-state index is 13.2. The molecule has 4 N–H and O–H groups in total. The second-order valence-corrected chi connectivity index (χ2v) is 10.7. The molecule has 38 heavy (non-hydrogen) atoms. The number of amides is 4. The van der Waals surface area contributed by atoms with Crippen molar-refractivity contribution in [1.82, 2.24) is 26.3 Å². The summed E-state index contributed by atoms with van der Waals surface area (Å²) in [5.41, 5.74) is 1.23. The molecule has 1 aromatic carbocycles. The van der Waals surface area contributed by atoms with Crippen molar-refractivity contribution >= 4 is 35.0 Å². The molecule has 1 aliphatic rings. The Morgan fingerprint density at radius 3 is 2.74 bits per heavy atom. The zero-order chi connectivity index (χ0) is 27.5. The number of hydrogen-bond acceptors (Lipinski definition) is 7. The summed E-state index contributed by atoms with van der Waals surface area (Å²) in [4.78, 5) is 56.5. The Morgan fingerprint density at radius 1 is 1.21 bits per heavy atom. The highest BCUT2D eigenvalue weighted by atomic mass is 32.1. The lowest BCUT2D eigenvalue weighted by Crippen LogP contribution is -2.52. The normalized spacial score (nSPS) is 19.2. The van der Waals surface area contributed by atoms with Crippen molar-refractivity contribution in [2.24, 2.45) is 5.92 Å². The minimum Gasteiger partial charge on any atom is -0.493 e. The number of thiazole rings is 1. The zero-order valence-corrected chi connectivity index (χ0v) is 23.0. The molecule has 0 saturated carbocycles. The molecule has 2 atom stereocenters. The van der Waals surface area contributed by atoms with Gasteiger partial charge in [-0.3, -0.25) is 19.2 Å². The summed E-state index contributed by atoms with van der Waals surface area (Å²) >= 11 is 1.57. The van der Waals surface area contributed by atoms with Crippen molar-refractivity contribution < 1.29 is 23.9 Å². The van der Waals surface area contributed by atoms with E-state index in [1.54, 1.807) is 35.6 Å². The van der Waals surface area contributed by atoms with Crippen LogP contribution in [-0.2, 0) is 20.8 Å². The maximum absolute atomic E-state index is 13.2. The van der Waals surface area contributed by atoms with Crippen LogP contribution < -0.4 is 26.0 Å². The lowest BCUT2D eigenvalue weighted by Gasteiger charge is -2.22. The number of benzene rings is 1. The lowest BCUT2D eigenvalue weighted by molar-refractivity contribution is -0.131. The third-order valence-corrected chi connectivity index (χ3v) is 6.94. The van der Waals surface area contributed by atoms with Crippen LogP contribution in [0.5, 0.6) is 5.75 Å². The monoisotopic (exact) mass is 543 g/mol. The number of rotatable bonds is 7. The van der Waals surface area contributed by atoms with Crippen molar-refractivity contribution in [2.75, 3.05) is 19.7 Å². The molecule has 0 radical (unpaired) electrons. The van der Waals surface area contributed by atoms with Gasteiger partial charge in [-0.25, -0.2) is 4.98 Å². The second-order valence-electron chi connectivity index (χ2n) is 9.75. The Balaban J connectivity index is 1.74. The highest BCUT2D eigenvalue weighted by Gasteiger charge is 2.28. The minimum absolute atomic E-state index is 0.159. The Labute approximate surface area is 227 Å². The van der Waals surface area contributed by atoms with Crippen LogP contribution in [0.4, 0.5) is 0 Å². The first kappa shape index (κ1) is 29.1. The largest absolute Gasteiger partial charge is 0.493 e. The molecule has 0 spiro atoms. The number of ether oxygens (including phenoxy) is 1. The predicted molar refractivity (Wildman–Crippen MR) is 145 cm³/mol. The van der Waals surface area contributed by atoms with Gasteiger partial charge >= 0.3 is 0 Å². The van der Waals surface area contributed by atoms with Crippen LogP contribution in [-0.4, -0.2) is 60.4 Å². The first-order valence-electron chi connectivity index (χ1n) is 13.0. The van der Waals surface area contributed by atoms with E-state index in [4.69, 9.17) is 4.74 Å². The Kier molecular flexibility index (Phi) is 11.1. The molecule has 3 rings (SSSR count). The summed E-state index contributed by atoms with van der Waals surface area (Å²) in [5.74, 6) is -1.25. The summed E-state index contributed by atoms with van der Waals surface area (Å²) < 4.78 is 5.80. The summed E-state index contributed by atoms with van der Waals surface area (Å²) in [5, 5.41) is 14.1. The van der Waals surface area contributed by atoms with Crippen molar-refractivity contribution in [2.45, 2.75) is 65.0 Å². The molecule has 0 unspecified atom stereocenters. The first-order chi connectivity index (χ1) is 18.2. The number of nitrogens with zero attached hydrogens (tertiary/aromatic N) is 1. The van der Waals surface area contributed by atoms with E-state index in [2.05, 4.69) is 26.3 Å². The van der Waals surface area contributed by atoms with Gasteiger partial charge in [0.1, 0.15) is 17.8 Å². The molecule has 4 amide bonds. The van der Waals surface area contributed by atoms with Crippen LogP contribution in [0.3, 0.4) is 0 Å². The average Bonchev–Trinajstić information content (AvgIpc) is 3.29. The van der Waals surface area contributed by atoms with Gasteiger partial charge in [0, 0.05) is 30.6 Å². The molecule has 2 heterocycles. The van der Waals surface area contributed by atoms with E-state index < -0.39 is 29.8 Å². The van der Waals surface area contributed by atoms with Gasteiger partial charge in [0.15, 0.2) is 0 Å². The predicted octanol–water partition coefficient (Wildman–Crippen LogP) is 2.12. The number of aryl methyl sites for hydroxylation is 2. The van der Waals surface area contributed by atoms with E-state index in [-0.39, 0.29) is 30.4 Å².